The van der Waals surface area contributed by atoms with E-state index in [0.717, 1.165) is 17.1 Å². The molecule has 0 fully saturated rings. The van der Waals surface area contributed by atoms with Crippen molar-refractivity contribution < 1.29 is 5.11 Å². The first-order chi connectivity index (χ1) is 6.88. The van der Waals surface area contributed by atoms with Gasteiger partial charge in [-0.3, -0.25) is 0 Å². The summed E-state index contributed by atoms with van der Waals surface area (Å²) < 4.78 is 0. The second-order valence-corrected chi connectivity index (χ2v) is 4.94. The second kappa shape index (κ2) is 4.68. The molecule has 4 heteroatoms. The molecule has 2 aromatic rings. The van der Waals surface area contributed by atoms with Crippen LogP contribution in [0.15, 0.2) is 22.9 Å². The Balaban J connectivity index is 2.03. The van der Waals surface area contributed by atoms with Crippen molar-refractivity contribution in [2.24, 2.45) is 0 Å². The normalized spacial score (nSPS) is 10.6. The minimum absolute atomic E-state index is 0.183. The van der Waals surface area contributed by atoms with Crippen molar-refractivity contribution in [2.75, 3.05) is 6.61 Å². The van der Waals surface area contributed by atoms with Gasteiger partial charge in [-0.1, -0.05) is 6.07 Å². The van der Waals surface area contributed by atoms with E-state index >= 15 is 0 Å². The van der Waals surface area contributed by atoms with Gasteiger partial charge in [0.2, 0.25) is 0 Å². The number of hydrogen-bond acceptors (Lipinski definition) is 4. The molecule has 0 aromatic carbocycles. The standard InChI is InChI=1S/C10H11NOS2/c12-4-3-8-7-14-10(11-8)6-9-2-1-5-13-9/h1-2,5,7,12H,3-4,6H2. The van der Waals surface area contributed by atoms with Crippen LogP contribution in [0.4, 0.5) is 0 Å². The summed E-state index contributed by atoms with van der Waals surface area (Å²) in [4.78, 5) is 5.78. The van der Waals surface area contributed by atoms with E-state index in [2.05, 4.69) is 22.5 Å². The van der Waals surface area contributed by atoms with E-state index in [0.29, 0.717) is 6.42 Å². The Labute approximate surface area is 90.9 Å². The van der Waals surface area contributed by atoms with Crippen LogP contribution in [-0.2, 0) is 12.8 Å². The number of thiazole rings is 1. The van der Waals surface area contributed by atoms with Crippen LogP contribution >= 0.6 is 22.7 Å². The molecule has 0 saturated carbocycles. The molecule has 2 heterocycles. The Kier molecular flexibility index (Phi) is 3.29. The van der Waals surface area contributed by atoms with Gasteiger partial charge in [0.15, 0.2) is 0 Å². The Bertz CT molecular complexity index is 380. The number of aliphatic hydroxyl groups excluding tert-OH is 1. The Morgan fingerprint density at radius 1 is 1.36 bits per heavy atom. The van der Waals surface area contributed by atoms with Crippen LogP contribution in [0, 0.1) is 0 Å². The van der Waals surface area contributed by atoms with Gasteiger partial charge in [0.25, 0.3) is 0 Å². The summed E-state index contributed by atoms with van der Waals surface area (Å²) in [5.74, 6) is 0. The van der Waals surface area contributed by atoms with Crippen molar-refractivity contribution in [3.63, 3.8) is 0 Å². The zero-order chi connectivity index (χ0) is 9.80. The molecule has 0 unspecified atom stereocenters. The Hall–Kier alpha value is -0.710. The van der Waals surface area contributed by atoms with E-state index in [1.54, 1.807) is 22.7 Å². The second-order valence-electron chi connectivity index (χ2n) is 2.96. The fraction of sp³-hybridized carbons (Fsp3) is 0.300. The third-order valence-electron chi connectivity index (χ3n) is 1.87. The van der Waals surface area contributed by atoms with Crippen molar-refractivity contribution in [2.45, 2.75) is 12.8 Å². The molecule has 0 spiro atoms. The van der Waals surface area contributed by atoms with Gasteiger partial charge in [-0.15, -0.1) is 22.7 Å². The molecule has 0 aliphatic rings. The van der Waals surface area contributed by atoms with Crippen molar-refractivity contribution in [1.82, 2.24) is 4.98 Å². The molecule has 0 atom stereocenters. The van der Waals surface area contributed by atoms with Crippen LogP contribution in [0.5, 0.6) is 0 Å². The number of nitrogens with zero attached hydrogens (tertiary/aromatic N) is 1. The van der Waals surface area contributed by atoms with Gasteiger partial charge < -0.3 is 5.11 Å². The highest BCUT2D eigenvalue weighted by Gasteiger charge is 2.03. The summed E-state index contributed by atoms with van der Waals surface area (Å²) >= 11 is 3.43. The van der Waals surface area contributed by atoms with Crippen molar-refractivity contribution in [3.8, 4) is 0 Å². The lowest BCUT2D eigenvalue weighted by Gasteiger charge is -1.91. The largest absolute Gasteiger partial charge is 0.396 e. The summed E-state index contributed by atoms with van der Waals surface area (Å²) in [6.45, 7) is 0.183. The van der Waals surface area contributed by atoms with E-state index in [1.807, 2.05) is 5.38 Å². The van der Waals surface area contributed by atoms with Gasteiger partial charge in [0.05, 0.1) is 10.7 Å². The monoisotopic (exact) mass is 225 g/mol. The van der Waals surface area contributed by atoms with Crippen LogP contribution in [0.25, 0.3) is 0 Å². The molecule has 0 radical (unpaired) electrons. The maximum Gasteiger partial charge on any atom is 0.0980 e. The molecule has 0 amide bonds. The fourth-order valence-electron chi connectivity index (χ4n) is 1.22. The van der Waals surface area contributed by atoms with E-state index < -0.39 is 0 Å². The molecule has 74 valence electrons. The van der Waals surface area contributed by atoms with E-state index in [1.165, 1.54) is 4.88 Å². The minimum atomic E-state index is 0.183. The zero-order valence-corrected chi connectivity index (χ0v) is 9.27. The first kappa shape index (κ1) is 9.83. The molecule has 1 N–H and O–H groups in total. The zero-order valence-electron chi connectivity index (χ0n) is 7.64. The molecule has 0 bridgehead atoms. The lowest BCUT2D eigenvalue weighted by atomic mass is 10.3. The van der Waals surface area contributed by atoms with E-state index in [9.17, 15) is 0 Å². The number of rotatable bonds is 4. The number of hydrogen-bond donors (Lipinski definition) is 1. The lowest BCUT2D eigenvalue weighted by molar-refractivity contribution is 0.298. The molecule has 0 aliphatic heterocycles. The van der Waals surface area contributed by atoms with E-state index in [4.69, 9.17) is 5.11 Å². The highest BCUT2D eigenvalue weighted by atomic mass is 32.1. The van der Waals surface area contributed by atoms with Crippen molar-refractivity contribution in [1.29, 1.82) is 0 Å². The first-order valence-corrected chi connectivity index (χ1v) is 6.21. The van der Waals surface area contributed by atoms with Crippen molar-refractivity contribution >= 4 is 22.7 Å². The minimum Gasteiger partial charge on any atom is -0.396 e. The van der Waals surface area contributed by atoms with Crippen LogP contribution in [0.1, 0.15) is 15.6 Å². The Morgan fingerprint density at radius 3 is 3.00 bits per heavy atom. The summed E-state index contributed by atoms with van der Waals surface area (Å²) in [5.41, 5.74) is 1.00. The number of aromatic nitrogens is 1. The number of thiophene rings is 1. The topological polar surface area (TPSA) is 33.1 Å². The van der Waals surface area contributed by atoms with Crippen molar-refractivity contribution in [3.05, 3.63) is 38.5 Å². The predicted octanol–water partition coefficient (Wildman–Crippen LogP) is 2.33. The molecular formula is C10H11NOS2. The summed E-state index contributed by atoms with van der Waals surface area (Å²) in [5, 5.41) is 14.0. The molecule has 2 rings (SSSR count). The number of aliphatic hydroxyl groups is 1. The molecular weight excluding hydrogens is 214 g/mol. The van der Waals surface area contributed by atoms with Crippen LogP contribution < -0.4 is 0 Å². The predicted molar refractivity (Wildman–Crippen MR) is 60.0 cm³/mol. The summed E-state index contributed by atoms with van der Waals surface area (Å²) in [6.07, 6.45) is 1.59. The first-order valence-electron chi connectivity index (χ1n) is 4.45. The average Bonchev–Trinajstić information content (AvgIpc) is 2.79. The van der Waals surface area contributed by atoms with Crippen LogP contribution in [0.3, 0.4) is 0 Å². The SMILES string of the molecule is OCCc1csc(Cc2cccs2)n1. The lowest BCUT2D eigenvalue weighted by Crippen LogP contribution is -1.91. The third-order valence-corrected chi connectivity index (χ3v) is 3.65. The molecule has 0 aliphatic carbocycles. The van der Waals surface area contributed by atoms with Gasteiger partial charge >= 0.3 is 0 Å². The van der Waals surface area contributed by atoms with Crippen LogP contribution in [-0.4, -0.2) is 16.7 Å². The summed E-state index contributed by atoms with van der Waals surface area (Å²) in [6, 6.07) is 4.18. The Morgan fingerprint density at radius 2 is 2.29 bits per heavy atom. The van der Waals surface area contributed by atoms with Gasteiger partial charge in [-0.25, -0.2) is 4.98 Å². The average molecular weight is 225 g/mol. The molecule has 14 heavy (non-hydrogen) atoms. The van der Waals surface area contributed by atoms with Gasteiger partial charge in [0.1, 0.15) is 0 Å². The highest BCUT2D eigenvalue weighted by molar-refractivity contribution is 7.11. The third kappa shape index (κ3) is 2.41. The van der Waals surface area contributed by atoms with Crippen LogP contribution in [0.2, 0.25) is 0 Å². The quantitative estimate of drug-likeness (QED) is 0.866. The highest BCUT2D eigenvalue weighted by Crippen LogP contribution is 2.18. The van der Waals surface area contributed by atoms with Gasteiger partial charge in [-0.2, -0.15) is 0 Å². The van der Waals surface area contributed by atoms with Gasteiger partial charge in [-0.05, 0) is 11.4 Å². The maximum atomic E-state index is 8.75. The maximum absolute atomic E-state index is 8.75. The molecule has 0 saturated heterocycles. The van der Waals surface area contributed by atoms with Gasteiger partial charge in [0, 0.05) is 29.7 Å². The summed E-state index contributed by atoms with van der Waals surface area (Å²) in [7, 11) is 0. The fourth-order valence-corrected chi connectivity index (χ4v) is 2.87. The molecule has 2 nitrogen and oxygen atoms in total. The molecule has 2 aromatic heterocycles. The smallest absolute Gasteiger partial charge is 0.0980 e. The van der Waals surface area contributed by atoms with E-state index in [-0.39, 0.29) is 6.61 Å².